The number of anilines is 1. The summed E-state index contributed by atoms with van der Waals surface area (Å²) in [6.45, 7) is 1.43. The van der Waals surface area contributed by atoms with Gasteiger partial charge in [-0.05, 0) is 24.6 Å². The van der Waals surface area contributed by atoms with Gasteiger partial charge in [0.2, 0.25) is 0 Å². The van der Waals surface area contributed by atoms with Crippen molar-refractivity contribution in [2.45, 2.75) is 12.5 Å². The molecule has 3 aromatic rings. The van der Waals surface area contributed by atoms with Gasteiger partial charge in [-0.25, -0.2) is 0 Å². The van der Waals surface area contributed by atoms with Crippen LogP contribution in [0, 0.1) is 0 Å². The highest BCUT2D eigenvalue weighted by atomic mass is 32.1. The minimum absolute atomic E-state index is 0.183. The van der Waals surface area contributed by atoms with Crippen molar-refractivity contribution in [3.63, 3.8) is 0 Å². The Morgan fingerprint density at radius 3 is 3.14 bits per heavy atom. The first-order valence-corrected chi connectivity index (χ1v) is 7.68. The van der Waals surface area contributed by atoms with Gasteiger partial charge in [0.15, 0.2) is 0 Å². The molecule has 1 aliphatic heterocycles. The summed E-state index contributed by atoms with van der Waals surface area (Å²) in [4.78, 5) is 12.3. The molecule has 0 spiro atoms. The average molecular weight is 315 g/mol. The highest BCUT2D eigenvalue weighted by Gasteiger charge is 2.18. The van der Waals surface area contributed by atoms with Crippen molar-refractivity contribution in [3.05, 3.63) is 36.2 Å². The maximum atomic E-state index is 12.3. The fourth-order valence-electron chi connectivity index (χ4n) is 2.46. The van der Waals surface area contributed by atoms with Crippen molar-refractivity contribution in [3.8, 4) is 0 Å². The van der Waals surface area contributed by atoms with E-state index < -0.39 is 0 Å². The molecule has 1 fully saturated rings. The van der Waals surface area contributed by atoms with Crippen LogP contribution in [0.1, 0.15) is 22.8 Å². The van der Waals surface area contributed by atoms with Gasteiger partial charge < -0.3 is 10.1 Å². The molecule has 1 saturated heterocycles. The number of nitrogens with one attached hydrogen (secondary N) is 1. The third-order valence-electron chi connectivity index (χ3n) is 3.66. The standard InChI is InChI=1S/C14H13N5O2S/c20-14(9-1-2-12-13(5-9)18-22-17-12)16-10-6-15-19(7-10)11-3-4-21-8-11/h1-2,5-7,11H,3-4,8H2,(H,16,20)/t11-/m1/s1. The zero-order chi connectivity index (χ0) is 14.9. The summed E-state index contributed by atoms with van der Waals surface area (Å²) in [5, 5.41) is 7.14. The van der Waals surface area contributed by atoms with E-state index in [9.17, 15) is 4.79 Å². The van der Waals surface area contributed by atoms with E-state index >= 15 is 0 Å². The Morgan fingerprint density at radius 1 is 1.36 bits per heavy atom. The predicted octanol–water partition coefficient (Wildman–Crippen LogP) is 2.10. The summed E-state index contributed by atoms with van der Waals surface area (Å²) >= 11 is 1.14. The van der Waals surface area contributed by atoms with Crippen LogP contribution >= 0.6 is 11.7 Å². The summed E-state index contributed by atoms with van der Waals surface area (Å²) in [7, 11) is 0. The summed E-state index contributed by atoms with van der Waals surface area (Å²) in [6, 6.07) is 5.54. The molecule has 1 amide bonds. The van der Waals surface area contributed by atoms with Crippen LogP contribution in [0.15, 0.2) is 30.6 Å². The number of hydrogen-bond acceptors (Lipinski definition) is 6. The zero-order valence-electron chi connectivity index (χ0n) is 11.6. The number of benzene rings is 1. The molecule has 0 unspecified atom stereocenters. The molecule has 1 aromatic carbocycles. The number of carbonyl (C=O) groups excluding carboxylic acids is 1. The molecule has 0 radical (unpaired) electrons. The first-order valence-electron chi connectivity index (χ1n) is 6.95. The molecule has 8 heteroatoms. The van der Waals surface area contributed by atoms with Crippen LogP contribution in [0.25, 0.3) is 11.0 Å². The van der Waals surface area contributed by atoms with E-state index in [0.717, 1.165) is 35.8 Å². The molecular formula is C14H13N5O2S. The van der Waals surface area contributed by atoms with Crippen molar-refractivity contribution in [1.29, 1.82) is 0 Å². The molecule has 0 saturated carbocycles. The molecule has 4 rings (SSSR count). The molecule has 22 heavy (non-hydrogen) atoms. The Morgan fingerprint density at radius 2 is 2.27 bits per heavy atom. The number of rotatable bonds is 3. The highest BCUT2D eigenvalue weighted by molar-refractivity contribution is 7.00. The minimum atomic E-state index is -0.183. The second-order valence-electron chi connectivity index (χ2n) is 5.15. The summed E-state index contributed by atoms with van der Waals surface area (Å²) in [5.41, 5.74) is 2.76. The van der Waals surface area contributed by atoms with Crippen LogP contribution in [-0.4, -0.2) is 37.6 Å². The highest BCUT2D eigenvalue weighted by Crippen LogP contribution is 2.20. The van der Waals surface area contributed by atoms with E-state index in [1.165, 1.54) is 0 Å². The first-order chi connectivity index (χ1) is 10.8. The molecule has 3 heterocycles. The van der Waals surface area contributed by atoms with Gasteiger partial charge >= 0.3 is 0 Å². The molecule has 112 valence electrons. The Labute approximate surface area is 130 Å². The lowest BCUT2D eigenvalue weighted by molar-refractivity contribution is 0.102. The van der Waals surface area contributed by atoms with Gasteiger partial charge in [0, 0.05) is 18.4 Å². The predicted molar refractivity (Wildman–Crippen MR) is 82.1 cm³/mol. The third-order valence-corrected chi connectivity index (χ3v) is 4.21. The van der Waals surface area contributed by atoms with Crippen molar-refractivity contribution in [2.24, 2.45) is 0 Å². The first kappa shape index (κ1) is 13.4. The van der Waals surface area contributed by atoms with Crippen molar-refractivity contribution >= 4 is 34.4 Å². The monoisotopic (exact) mass is 315 g/mol. The van der Waals surface area contributed by atoms with E-state index in [4.69, 9.17) is 4.74 Å². The molecule has 7 nitrogen and oxygen atoms in total. The van der Waals surface area contributed by atoms with Gasteiger partial charge in [0.1, 0.15) is 11.0 Å². The lowest BCUT2D eigenvalue weighted by Crippen LogP contribution is -2.12. The van der Waals surface area contributed by atoms with Crippen LogP contribution in [0.5, 0.6) is 0 Å². The van der Waals surface area contributed by atoms with Crippen molar-refractivity contribution in [2.75, 3.05) is 18.5 Å². The topological polar surface area (TPSA) is 81.9 Å². The molecule has 1 atom stereocenters. The van der Waals surface area contributed by atoms with Gasteiger partial charge in [-0.15, -0.1) is 0 Å². The lowest BCUT2D eigenvalue weighted by atomic mass is 10.2. The Hall–Kier alpha value is -2.32. The summed E-state index contributed by atoms with van der Waals surface area (Å²) < 4.78 is 15.5. The molecule has 1 N–H and O–H groups in total. The number of hydrogen-bond donors (Lipinski definition) is 1. The smallest absolute Gasteiger partial charge is 0.255 e. The average Bonchev–Trinajstić information content (AvgIpc) is 3.27. The van der Waals surface area contributed by atoms with E-state index in [2.05, 4.69) is 19.2 Å². The van der Waals surface area contributed by atoms with Crippen LogP contribution < -0.4 is 5.32 Å². The maximum Gasteiger partial charge on any atom is 0.255 e. The fourth-order valence-corrected chi connectivity index (χ4v) is 2.98. The van der Waals surface area contributed by atoms with Crippen molar-refractivity contribution < 1.29 is 9.53 Å². The summed E-state index contributed by atoms with van der Waals surface area (Å²) in [6.07, 6.45) is 4.43. The Kier molecular flexibility index (Phi) is 3.32. The molecular weight excluding hydrogens is 302 g/mol. The van der Waals surface area contributed by atoms with Crippen LogP contribution in [-0.2, 0) is 4.74 Å². The van der Waals surface area contributed by atoms with Crippen molar-refractivity contribution in [1.82, 2.24) is 18.5 Å². The fraction of sp³-hybridized carbons (Fsp3) is 0.286. The van der Waals surface area contributed by atoms with Gasteiger partial charge in [0.05, 0.1) is 36.3 Å². The van der Waals surface area contributed by atoms with Crippen LogP contribution in [0.3, 0.4) is 0 Å². The van der Waals surface area contributed by atoms with Gasteiger partial charge in [0.25, 0.3) is 5.91 Å². The van der Waals surface area contributed by atoms with Gasteiger partial charge in [-0.2, -0.15) is 13.8 Å². The van der Waals surface area contributed by atoms with Crippen LogP contribution in [0.2, 0.25) is 0 Å². The molecule has 0 bridgehead atoms. The third kappa shape index (κ3) is 2.46. The molecule has 1 aliphatic rings. The normalized spacial score (nSPS) is 17.9. The SMILES string of the molecule is O=C(Nc1cnn([C@@H]2CCOC2)c1)c1ccc2nsnc2c1. The second kappa shape index (κ2) is 5.47. The lowest BCUT2D eigenvalue weighted by Gasteiger charge is -2.07. The Bertz CT molecular complexity index is 821. The number of nitrogens with zero attached hydrogens (tertiary/aromatic N) is 4. The number of aromatic nitrogens is 4. The van der Waals surface area contributed by atoms with E-state index in [1.807, 2.05) is 10.9 Å². The molecule has 2 aromatic heterocycles. The summed E-state index contributed by atoms with van der Waals surface area (Å²) in [5.74, 6) is -0.183. The Balaban J connectivity index is 1.51. The van der Waals surface area contributed by atoms with E-state index in [1.54, 1.807) is 24.4 Å². The minimum Gasteiger partial charge on any atom is -0.379 e. The van der Waals surface area contributed by atoms with Gasteiger partial charge in [-0.1, -0.05) is 0 Å². The number of fused-ring (bicyclic) bond motifs is 1. The largest absolute Gasteiger partial charge is 0.379 e. The number of amides is 1. The zero-order valence-corrected chi connectivity index (χ0v) is 12.4. The van der Waals surface area contributed by atoms with Gasteiger partial charge in [-0.3, -0.25) is 9.48 Å². The quantitative estimate of drug-likeness (QED) is 0.800. The number of carbonyl (C=O) groups is 1. The van der Waals surface area contributed by atoms with E-state index in [0.29, 0.717) is 17.9 Å². The number of ether oxygens (including phenoxy) is 1. The van der Waals surface area contributed by atoms with Crippen LogP contribution in [0.4, 0.5) is 5.69 Å². The second-order valence-corrected chi connectivity index (χ2v) is 5.68. The maximum absolute atomic E-state index is 12.3. The molecule has 0 aliphatic carbocycles. The van der Waals surface area contributed by atoms with E-state index in [-0.39, 0.29) is 11.9 Å².